The van der Waals surface area contributed by atoms with Crippen molar-refractivity contribution in [1.82, 2.24) is 15.6 Å². The van der Waals surface area contributed by atoms with E-state index >= 15 is 0 Å². The molecular formula is C13H21N3O2. The number of hydrogen-bond donors (Lipinski definition) is 2. The minimum atomic E-state index is -0.479. The second kappa shape index (κ2) is 6.35. The van der Waals surface area contributed by atoms with E-state index in [-0.39, 0.29) is 6.17 Å². The van der Waals surface area contributed by atoms with Gasteiger partial charge in [0.05, 0.1) is 6.17 Å². The lowest BCUT2D eigenvalue weighted by Crippen LogP contribution is -2.45. The Labute approximate surface area is 108 Å². The molecule has 1 unspecified atom stereocenters. The molecule has 1 aromatic rings. The lowest BCUT2D eigenvalue weighted by atomic mass is 10.2. The van der Waals surface area contributed by atoms with Crippen LogP contribution in [0, 0.1) is 0 Å². The number of alkyl carbamates (subject to hydrolysis) is 1. The molecule has 0 spiro atoms. The van der Waals surface area contributed by atoms with Gasteiger partial charge in [0.1, 0.15) is 5.60 Å². The Hall–Kier alpha value is -1.62. The topological polar surface area (TPSA) is 63.2 Å². The van der Waals surface area contributed by atoms with Gasteiger partial charge >= 0.3 is 6.09 Å². The number of hydrogen-bond acceptors (Lipinski definition) is 4. The van der Waals surface area contributed by atoms with Crippen LogP contribution in [0.5, 0.6) is 0 Å². The van der Waals surface area contributed by atoms with Gasteiger partial charge in [-0.05, 0) is 39.3 Å². The van der Waals surface area contributed by atoms with Gasteiger partial charge in [0.2, 0.25) is 0 Å². The Morgan fingerprint density at radius 1 is 1.50 bits per heavy atom. The third kappa shape index (κ3) is 6.20. The number of nitrogens with one attached hydrogen (secondary N) is 2. The standard InChI is InChI=1S/C13H21N3O2/c1-10(16-12(17)18-13(2,3)4)15-9-11-6-5-7-14-8-11/h5-8,10,15H,9H2,1-4H3,(H,16,17). The van der Waals surface area contributed by atoms with Crippen molar-refractivity contribution in [2.45, 2.75) is 46.0 Å². The van der Waals surface area contributed by atoms with Crippen LogP contribution in [0.4, 0.5) is 4.79 Å². The third-order valence-electron chi connectivity index (χ3n) is 2.07. The zero-order chi connectivity index (χ0) is 13.6. The van der Waals surface area contributed by atoms with Crippen molar-refractivity contribution in [2.75, 3.05) is 0 Å². The first-order chi connectivity index (χ1) is 8.37. The van der Waals surface area contributed by atoms with Crippen molar-refractivity contribution in [3.63, 3.8) is 0 Å². The highest BCUT2D eigenvalue weighted by atomic mass is 16.6. The van der Waals surface area contributed by atoms with Crippen LogP contribution in [0.3, 0.4) is 0 Å². The number of nitrogens with zero attached hydrogens (tertiary/aromatic N) is 1. The second-order valence-corrected chi connectivity index (χ2v) is 5.11. The highest BCUT2D eigenvalue weighted by molar-refractivity contribution is 5.67. The summed E-state index contributed by atoms with van der Waals surface area (Å²) < 4.78 is 5.16. The van der Waals surface area contributed by atoms with Crippen LogP contribution in [0.1, 0.15) is 33.3 Å². The molecule has 0 saturated carbocycles. The quantitative estimate of drug-likeness (QED) is 0.804. The highest BCUT2D eigenvalue weighted by Gasteiger charge is 2.17. The predicted octanol–water partition coefficient (Wildman–Crippen LogP) is 2.04. The monoisotopic (exact) mass is 251 g/mol. The first-order valence-electron chi connectivity index (χ1n) is 5.98. The predicted molar refractivity (Wildman–Crippen MR) is 69.9 cm³/mol. The Morgan fingerprint density at radius 2 is 2.22 bits per heavy atom. The molecule has 1 heterocycles. The number of pyridine rings is 1. The van der Waals surface area contributed by atoms with E-state index in [1.54, 1.807) is 12.4 Å². The number of aromatic nitrogens is 1. The number of ether oxygens (including phenoxy) is 1. The van der Waals surface area contributed by atoms with Gasteiger partial charge in [-0.1, -0.05) is 6.07 Å². The third-order valence-corrected chi connectivity index (χ3v) is 2.07. The number of carbonyl (C=O) groups is 1. The summed E-state index contributed by atoms with van der Waals surface area (Å²) in [7, 11) is 0. The molecule has 0 aliphatic heterocycles. The zero-order valence-corrected chi connectivity index (χ0v) is 11.4. The van der Waals surface area contributed by atoms with E-state index in [2.05, 4.69) is 15.6 Å². The molecule has 2 N–H and O–H groups in total. The van der Waals surface area contributed by atoms with Crippen molar-refractivity contribution >= 4 is 6.09 Å². The minimum absolute atomic E-state index is 0.167. The van der Waals surface area contributed by atoms with E-state index in [4.69, 9.17) is 4.74 Å². The average molecular weight is 251 g/mol. The summed E-state index contributed by atoms with van der Waals surface area (Å²) in [6.07, 6.45) is 2.92. The molecule has 1 atom stereocenters. The van der Waals surface area contributed by atoms with E-state index in [9.17, 15) is 4.79 Å². The van der Waals surface area contributed by atoms with Crippen molar-refractivity contribution < 1.29 is 9.53 Å². The zero-order valence-electron chi connectivity index (χ0n) is 11.4. The van der Waals surface area contributed by atoms with E-state index in [0.29, 0.717) is 6.54 Å². The molecular weight excluding hydrogens is 230 g/mol. The first kappa shape index (κ1) is 14.4. The van der Waals surface area contributed by atoms with Gasteiger partial charge in [-0.2, -0.15) is 0 Å². The first-order valence-corrected chi connectivity index (χ1v) is 5.98. The Morgan fingerprint density at radius 3 is 2.78 bits per heavy atom. The fourth-order valence-corrected chi connectivity index (χ4v) is 1.31. The lowest BCUT2D eigenvalue weighted by Gasteiger charge is -2.22. The SMILES string of the molecule is CC(NCc1cccnc1)NC(=O)OC(C)(C)C. The molecule has 18 heavy (non-hydrogen) atoms. The highest BCUT2D eigenvalue weighted by Crippen LogP contribution is 2.06. The van der Waals surface area contributed by atoms with E-state index in [1.807, 2.05) is 39.8 Å². The molecule has 0 aliphatic carbocycles. The Bertz CT molecular complexity index is 374. The van der Waals surface area contributed by atoms with Crippen LogP contribution in [-0.2, 0) is 11.3 Å². The molecule has 0 aliphatic rings. The molecule has 5 nitrogen and oxygen atoms in total. The van der Waals surface area contributed by atoms with Gasteiger partial charge in [-0.25, -0.2) is 4.79 Å². The number of carbonyl (C=O) groups excluding carboxylic acids is 1. The van der Waals surface area contributed by atoms with Crippen LogP contribution in [0.25, 0.3) is 0 Å². The fourth-order valence-electron chi connectivity index (χ4n) is 1.31. The van der Waals surface area contributed by atoms with Crippen LogP contribution >= 0.6 is 0 Å². The van der Waals surface area contributed by atoms with Crippen LogP contribution < -0.4 is 10.6 Å². The Balaban J connectivity index is 2.29. The van der Waals surface area contributed by atoms with Crippen molar-refractivity contribution in [2.24, 2.45) is 0 Å². The van der Waals surface area contributed by atoms with Crippen LogP contribution in [0.2, 0.25) is 0 Å². The van der Waals surface area contributed by atoms with Gasteiger partial charge in [-0.15, -0.1) is 0 Å². The van der Waals surface area contributed by atoms with Gasteiger partial charge in [0.15, 0.2) is 0 Å². The lowest BCUT2D eigenvalue weighted by molar-refractivity contribution is 0.0499. The van der Waals surface area contributed by atoms with E-state index in [1.165, 1.54) is 0 Å². The van der Waals surface area contributed by atoms with Crippen LogP contribution in [0.15, 0.2) is 24.5 Å². The summed E-state index contributed by atoms with van der Waals surface area (Å²) >= 11 is 0. The number of rotatable bonds is 4. The molecule has 1 rings (SSSR count). The molecule has 0 fully saturated rings. The maximum Gasteiger partial charge on any atom is 0.408 e. The smallest absolute Gasteiger partial charge is 0.408 e. The van der Waals surface area contributed by atoms with Gasteiger partial charge < -0.3 is 10.1 Å². The van der Waals surface area contributed by atoms with Gasteiger partial charge in [0.25, 0.3) is 0 Å². The molecule has 5 heteroatoms. The summed E-state index contributed by atoms with van der Waals surface area (Å²) in [5.41, 5.74) is 0.586. The van der Waals surface area contributed by atoms with E-state index in [0.717, 1.165) is 5.56 Å². The van der Waals surface area contributed by atoms with E-state index < -0.39 is 11.7 Å². The second-order valence-electron chi connectivity index (χ2n) is 5.11. The molecule has 0 saturated heterocycles. The van der Waals surface area contributed by atoms with Crippen molar-refractivity contribution in [3.8, 4) is 0 Å². The largest absolute Gasteiger partial charge is 0.444 e. The molecule has 0 bridgehead atoms. The summed E-state index contributed by atoms with van der Waals surface area (Å²) in [5, 5.41) is 5.88. The molecule has 0 radical (unpaired) electrons. The Kier molecular flexibility index (Phi) is 5.09. The average Bonchev–Trinajstić information content (AvgIpc) is 2.25. The van der Waals surface area contributed by atoms with Crippen LogP contribution in [-0.4, -0.2) is 22.8 Å². The maximum absolute atomic E-state index is 11.5. The van der Waals surface area contributed by atoms with Crippen molar-refractivity contribution in [3.05, 3.63) is 30.1 Å². The summed E-state index contributed by atoms with van der Waals surface area (Å²) in [6, 6.07) is 3.85. The number of amides is 1. The minimum Gasteiger partial charge on any atom is -0.444 e. The molecule has 1 aromatic heterocycles. The van der Waals surface area contributed by atoms with Gasteiger partial charge in [-0.3, -0.25) is 10.3 Å². The summed E-state index contributed by atoms with van der Waals surface area (Å²) in [5.74, 6) is 0. The normalized spacial score (nSPS) is 12.9. The fraction of sp³-hybridized carbons (Fsp3) is 0.538. The summed E-state index contributed by atoms with van der Waals surface area (Å²) in [6.45, 7) is 8.01. The summed E-state index contributed by atoms with van der Waals surface area (Å²) in [4.78, 5) is 15.5. The maximum atomic E-state index is 11.5. The molecule has 0 aromatic carbocycles. The molecule has 100 valence electrons. The molecule has 1 amide bonds. The van der Waals surface area contributed by atoms with Gasteiger partial charge in [0, 0.05) is 18.9 Å². The van der Waals surface area contributed by atoms with Crippen molar-refractivity contribution in [1.29, 1.82) is 0 Å².